The lowest BCUT2D eigenvalue weighted by Gasteiger charge is -2.41. The third kappa shape index (κ3) is 2.00. The maximum Gasteiger partial charge on any atom is 0.161 e. The molecule has 94 valence electrons. The predicted molar refractivity (Wildman–Crippen MR) is 68.6 cm³/mol. The summed E-state index contributed by atoms with van der Waals surface area (Å²) in [7, 11) is 7.95. The van der Waals surface area contributed by atoms with E-state index in [9.17, 15) is 0 Å². The van der Waals surface area contributed by atoms with Gasteiger partial charge in [0.15, 0.2) is 11.5 Å². The monoisotopic (exact) mass is 236 g/mol. The van der Waals surface area contributed by atoms with Crippen LogP contribution in [0.15, 0.2) is 12.1 Å². The van der Waals surface area contributed by atoms with Crippen LogP contribution in [0.5, 0.6) is 11.5 Å². The molecule has 0 saturated carbocycles. The van der Waals surface area contributed by atoms with E-state index in [2.05, 4.69) is 33.2 Å². The van der Waals surface area contributed by atoms with Crippen LogP contribution in [-0.2, 0) is 6.42 Å². The smallest absolute Gasteiger partial charge is 0.161 e. The third-order valence-corrected chi connectivity index (χ3v) is 4.10. The Balaban J connectivity index is 2.51. The van der Waals surface area contributed by atoms with Gasteiger partial charge in [0.1, 0.15) is 6.04 Å². The largest absolute Gasteiger partial charge is 0.493 e. The summed E-state index contributed by atoms with van der Waals surface area (Å²) >= 11 is 0. The summed E-state index contributed by atoms with van der Waals surface area (Å²) in [5.41, 5.74) is 2.78. The second-order valence-corrected chi connectivity index (χ2v) is 5.33. The van der Waals surface area contributed by atoms with Crippen LogP contribution in [0.4, 0.5) is 0 Å². The zero-order valence-corrected chi connectivity index (χ0v) is 11.4. The molecular formula is C14H22NO2+. The SMILES string of the molecule is COc1cc2c(cc1OC)[C@@H](C)[N+](C)(C)CC2. The highest BCUT2D eigenvalue weighted by Crippen LogP contribution is 2.39. The second-order valence-electron chi connectivity index (χ2n) is 5.33. The fourth-order valence-corrected chi connectivity index (χ4v) is 2.52. The molecule has 0 N–H and O–H groups in total. The number of benzene rings is 1. The third-order valence-electron chi connectivity index (χ3n) is 4.10. The molecule has 2 rings (SSSR count). The van der Waals surface area contributed by atoms with Crippen molar-refractivity contribution in [3.8, 4) is 11.5 Å². The van der Waals surface area contributed by atoms with Gasteiger partial charge in [0, 0.05) is 12.0 Å². The number of hydrogen-bond acceptors (Lipinski definition) is 2. The van der Waals surface area contributed by atoms with Gasteiger partial charge >= 0.3 is 0 Å². The van der Waals surface area contributed by atoms with Crippen LogP contribution in [0.3, 0.4) is 0 Å². The van der Waals surface area contributed by atoms with E-state index in [1.165, 1.54) is 17.7 Å². The van der Waals surface area contributed by atoms with Crippen molar-refractivity contribution in [2.24, 2.45) is 0 Å². The van der Waals surface area contributed by atoms with E-state index in [0.29, 0.717) is 6.04 Å². The van der Waals surface area contributed by atoms with Crippen molar-refractivity contribution in [2.45, 2.75) is 19.4 Å². The van der Waals surface area contributed by atoms with Gasteiger partial charge in [0.2, 0.25) is 0 Å². The Kier molecular flexibility index (Phi) is 3.04. The first kappa shape index (κ1) is 12.2. The molecule has 1 atom stereocenters. The number of ether oxygens (including phenoxy) is 2. The van der Waals surface area contributed by atoms with Crippen LogP contribution in [0.2, 0.25) is 0 Å². The summed E-state index contributed by atoms with van der Waals surface area (Å²) in [4.78, 5) is 0. The second kappa shape index (κ2) is 4.22. The van der Waals surface area contributed by atoms with Gasteiger partial charge in [-0.05, 0) is 24.6 Å². The van der Waals surface area contributed by atoms with Crippen LogP contribution in [0.25, 0.3) is 0 Å². The highest BCUT2D eigenvalue weighted by atomic mass is 16.5. The van der Waals surface area contributed by atoms with Gasteiger partial charge in [-0.2, -0.15) is 0 Å². The van der Waals surface area contributed by atoms with E-state index in [-0.39, 0.29) is 0 Å². The van der Waals surface area contributed by atoms with Crippen LogP contribution in [-0.4, -0.2) is 39.3 Å². The van der Waals surface area contributed by atoms with Gasteiger partial charge in [0.25, 0.3) is 0 Å². The van der Waals surface area contributed by atoms with E-state index in [1.54, 1.807) is 14.2 Å². The molecule has 0 fully saturated rings. The molecule has 17 heavy (non-hydrogen) atoms. The number of likely N-dealkylation sites (N-methyl/N-ethyl adjacent to an activating group) is 1. The molecule has 3 nitrogen and oxygen atoms in total. The van der Waals surface area contributed by atoms with Crippen LogP contribution < -0.4 is 9.47 Å². The first-order valence-electron chi connectivity index (χ1n) is 6.07. The lowest BCUT2D eigenvalue weighted by molar-refractivity contribution is -0.921. The molecule has 0 amide bonds. The van der Waals surface area contributed by atoms with Gasteiger partial charge < -0.3 is 14.0 Å². The summed E-state index contributed by atoms with van der Waals surface area (Å²) in [6, 6.07) is 4.76. The molecule has 0 spiro atoms. The Hall–Kier alpha value is -1.22. The molecule has 0 unspecified atom stereocenters. The molecule has 1 aromatic carbocycles. The molecule has 0 saturated heterocycles. The Bertz CT molecular complexity index is 426. The highest BCUT2D eigenvalue weighted by molar-refractivity contribution is 5.48. The maximum absolute atomic E-state index is 5.39. The van der Waals surface area contributed by atoms with E-state index in [0.717, 1.165) is 22.4 Å². The summed E-state index contributed by atoms with van der Waals surface area (Å²) in [6.07, 6.45) is 1.10. The minimum atomic E-state index is 0.499. The van der Waals surface area contributed by atoms with Crippen molar-refractivity contribution in [3.05, 3.63) is 23.3 Å². The topological polar surface area (TPSA) is 18.5 Å². The summed E-state index contributed by atoms with van der Waals surface area (Å²) in [6.45, 7) is 3.45. The predicted octanol–water partition coefficient (Wildman–Crippen LogP) is 2.40. The molecule has 0 radical (unpaired) electrons. The molecule has 3 heteroatoms. The Morgan fingerprint density at radius 2 is 1.71 bits per heavy atom. The van der Waals surface area contributed by atoms with E-state index >= 15 is 0 Å². The van der Waals surface area contributed by atoms with E-state index in [1.807, 2.05) is 0 Å². The van der Waals surface area contributed by atoms with Crippen LogP contribution in [0, 0.1) is 0 Å². The average Bonchev–Trinajstić information content (AvgIpc) is 2.33. The number of hydrogen-bond donors (Lipinski definition) is 0. The lowest BCUT2D eigenvalue weighted by atomic mass is 9.91. The fourth-order valence-electron chi connectivity index (χ4n) is 2.52. The molecule has 1 aromatic rings. The fraction of sp³-hybridized carbons (Fsp3) is 0.571. The van der Waals surface area contributed by atoms with Gasteiger partial charge in [-0.25, -0.2) is 0 Å². The van der Waals surface area contributed by atoms with Crippen molar-refractivity contribution < 1.29 is 14.0 Å². The normalized spacial score (nSPS) is 21.8. The molecule has 1 aliphatic heterocycles. The quantitative estimate of drug-likeness (QED) is 0.734. The summed E-state index contributed by atoms with van der Waals surface area (Å²) in [5.74, 6) is 1.67. The van der Waals surface area contributed by atoms with Gasteiger partial charge in [-0.1, -0.05) is 0 Å². The molecular weight excluding hydrogens is 214 g/mol. The minimum absolute atomic E-state index is 0.499. The van der Waals surface area contributed by atoms with Gasteiger partial charge in [-0.15, -0.1) is 0 Å². The van der Waals surface area contributed by atoms with Gasteiger partial charge in [0.05, 0.1) is 34.9 Å². The molecule has 0 aliphatic carbocycles. The molecule has 1 heterocycles. The number of rotatable bonds is 2. The molecule has 0 bridgehead atoms. The number of fused-ring (bicyclic) bond motifs is 1. The van der Waals surface area contributed by atoms with Crippen molar-refractivity contribution >= 4 is 0 Å². The number of nitrogens with zero attached hydrogens (tertiary/aromatic N) is 1. The van der Waals surface area contributed by atoms with Crippen molar-refractivity contribution in [1.29, 1.82) is 0 Å². The average molecular weight is 236 g/mol. The number of methoxy groups -OCH3 is 2. The van der Waals surface area contributed by atoms with Gasteiger partial charge in [-0.3, -0.25) is 0 Å². The number of quaternary nitrogens is 1. The van der Waals surface area contributed by atoms with Crippen molar-refractivity contribution in [2.75, 3.05) is 34.9 Å². The Morgan fingerprint density at radius 3 is 2.29 bits per heavy atom. The Labute approximate surface area is 104 Å². The molecule has 1 aliphatic rings. The van der Waals surface area contributed by atoms with Crippen LogP contribution in [0.1, 0.15) is 24.1 Å². The zero-order chi connectivity index (χ0) is 12.6. The van der Waals surface area contributed by atoms with E-state index < -0.39 is 0 Å². The van der Waals surface area contributed by atoms with E-state index in [4.69, 9.17) is 9.47 Å². The van der Waals surface area contributed by atoms with Crippen LogP contribution >= 0.6 is 0 Å². The van der Waals surface area contributed by atoms with Crippen molar-refractivity contribution in [1.82, 2.24) is 0 Å². The molecule has 0 aromatic heterocycles. The summed E-state index contributed by atoms with van der Waals surface area (Å²) < 4.78 is 11.8. The maximum atomic E-state index is 5.39. The first-order valence-corrected chi connectivity index (χ1v) is 6.07. The highest BCUT2D eigenvalue weighted by Gasteiger charge is 2.33. The Morgan fingerprint density at radius 1 is 1.12 bits per heavy atom. The first-order chi connectivity index (χ1) is 7.99. The minimum Gasteiger partial charge on any atom is -0.493 e. The standard InChI is InChI=1S/C14H22NO2/c1-10-12-9-14(17-5)13(16-4)8-11(12)6-7-15(10,2)3/h8-10H,6-7H2,1-5H3/q+1/t10-/m1/s1. The lowest BCUT2D eigenvalue weighted by Crippen LogP contribution is -2.46. The van der Waals surface area contributed by atoms with Crippen molar-refractivity contribution in [3.63, 3.8) is 0 Å². The summed E-state index contributed by atoms with van der Waals surface area (Å²) in [5, 5.41) is 0. The zero-order valence-electron chi connectivity index (χ0n) is 11.4.